The van der Waals surface area contributed by atoms with E-state index >= 15 is 0 Å². The van der Waals surface area contributed by atoms with Gasteiger partial charge in [-0.2, -0.15) is 0 Å². The van der Waals surface area contributed by atoms with Crippen molar-refractivity contribution >= 4 is 0 Å². The molecule has 0 spiro atoms. The first-order valence-electron chi connectivity index (χ1n) is 5.04. The van der Waals surface area contributed by atoms with E-state index in [-0.39, 0.29) is 17.3 Å². The SMILES string of the molecule is Cc1ccc(F)c(-c2nnc(C(C)N)o2)c1F. The van der Waals surface area contributed by atoms with Gasteiger partial charge in [-0.3, -0.25) is 0 Å². The second-order valence-electron chi connectivity index (χ2n) is 3.79. The molecule has 1 aromatic heterocycles. The molecule has 2 N–H and O–H groups in total. The Morgan fingerprint density at radius 2 is 2.00 bits per heavy atom. The lowest BCUT2D eigenvalue weighted by atomic mass is 10.1. The van der Waals surface area contributed by atoms with Gasteiger partial charge in [-0.05, 0) is 25.5 Å². The van der Waals surface area contributed by atoms with Gasteiger partial charge in [0.25, 0.3) is 5.89 Å². The molecule has 0 amide bonds. The molecular formula is C11H11F2N3O. The number of benzene rings is 1. The largest absolute Gasteiger partial charge is 0.419 e. The van der Waals surface area contributed by atoms with Gasteiger partial charge in [0, 0.05) is 0 Å². The van der Waals surface area contributed by atoms with Crippen LogP contribution in [0.1, 0.15) is 24.4 Å². The van der Waals surface area contributed by atoms with Crippen LogP contribution in [-0.2, 0) is 0 Å². The van der Waals surface area contributed by atoms with E-state index in [1.807, 2.05) is 0 Å². The quantitative estimate of drug-likeness (QED) is 0.873. The van der Waals surface area contributed by atoms with Gasteiger partial charge in [-0.1, -0.05) is 6.07 Å². The molecule has 0 radical (unpaired) electrons. The highest BCUT2D eigenvalue weighted by atomic mass is 19.1. The molecule has 1 heterocycles. The van der Waals surface area contributed by atoms with Crippen LogP contribution in [0, 0.1) is 18.6 Å². The predicted octanol–water partition coefficient (Wildman–Crippen LogP) is 2.34. The monoisotopic (exact) mass is 239 g/mol. The van der Waals surface area contributed by atoms with Gasteiger partial charge in [-0.25, -0.2) is 8.78 Å². The molecule has 0 saturated heterocycles. The predicted molar refractivity (Wildman–Crippen MR) is 57.0 cm³/mol. The maximum Gasteiger partial charge on any atom is 0.253 e. The molecule has 0 saturated carbocycles. The number of aryl methyl sites for hydroxylation is 1. The zero-order chi connectivity index (χ0) is 12.6. The average Bonchev–Trinajstić information content (AvgIpc) is 2.73. The Balaban J connectivity index is 2.56. The summed E-state index contributed by atoms with van der Waals surface area (Å²) in [6, 6.07) is 2.02. The van der Waals surface area contributed by atoms with Gasteiger partial charge in [0.15, 0.2) is 0 Å². The minimum Gasteiger partial charge on any atom is -0.419 e. The van der Waals surface area contributed by atoms with Crippen LogP contribution in [0.4, 0.5) is 8.78 Å². The summed E-state index contributed by atoms with van der Waals surface area (Å²) < 4.78 is 32.4. The smallest absolute Gasteiger partial charge is 0.253 e. The molecule has 1 atom stereocenters. The van der Waals surface area contributed by atoms with E-state index in [0.717, 1.165) is 6.07 Å². The molecule has 0 aliphatic rings. The van der Waals surface area contributed by atoms with Crippen molar-refractivity contribution in [2.45, 2.75) is 19.9 Å². The van der Waals surface area contributed by atoms with E-state index < -0.39 is 17.7 Å². The second kappa shape index (κ2) is 4.21. The maximum absolute atomic E-state index is 13.8. The van der Waals surface area contributed by atoms with Crippen molar-refractivity contribution in [1.82, 2.24) is 10.2 Å². The fourth-order valence-corrected chi connectivity index (χ4v) is 1.37. The van der Waals surface area contributed by atoms with Crippen molar-refractivity contribution in [2.24, 2.45) is 5.73 Å². The second-order valence-corrected chi connectivity index (χ2v) is 3.79. The van der Waals surface area contributed by atoms with E-state index in [1.54, 1.807) is 6.92 Å². The first kappa shape index (κ1) is 11.7. The summed E-state index contributed by atoms with van der Waals surface area (Å²) in [6.45, 7) is 3.17. The van der Waals surface area contributed by atoms with Crippen LogP contribution in [0.15, 0.2) is 16.5 Å². The molecule has 0 fully saturated rings. The van der Waals surface area contributed by atoms with Crippen molar-refractivity contribution in [2.75, 3.05) is 0 Å². The molecular weight excluding hydrogens is 228 g/mol. The third-order valence-corrected chi connectivity index (χ3v) is 2.33. The molecule has 4 nitrogen and oxygen atoms in total. The van der Waals surface area contributed by atoms with E-state index in [4.69, 9.17) is 10.2 Å². The maximum atomic E-state index is 13.8. The van der Waals surface area contributed by atoms with Gasteiger partial charge in [0.2, 0.25) is 5.89 Å². The van der Waals surface area contributed by atoms with Crippen LogP contribution in [0.25, 0.3) is 11.5 Å². The number of aromatic nitrogens is 2. The Bertz CT molecular complexity index is 552. The van der Waals surface area contributed by atoms with Gasteiger partial charge in [0.05, 0.1) is 6.04 Å². The lowest BCUT2D eigenvalue weighted by Crippen LogP contribution is -2.04. The minimum absolute atomic E-state index is 0.139. The Morgan fingerprint density at radius 1 is 1.29 bits per heavy atom. The third-order valence-electron chi connectivity index (χ3n) is 2.33. The van der Waals surface area contributed by atoms with Crippen LogP contribution in [0.3, 0.4) is 0 Å². The average molecular weight is 239 g/mol. The van der Waals surface area contributed by atoms with Crippen LogP contribution < -0.4 is 5.73 Å². The zero-order valence-electron chi connectivity index (χ0n) is 9.37. The summed E-state index contributed by atoms with van der Waals surface area (Å²) in [7, 11) is 0. The fourth-order valence-electron chi connectivity index (χ4n) is 1.37. The number of hydrogen-bond acceptors (Lipinski definition) is 4. The van der Waals surface area contributed by atoms with E-state index in [9.17, 15) is 8.78 Å². The van der Waals surface area contributed by atoms with Gasteiger partial charge in [-0.15, -0.1) is 10.2 Å². The number of nitrogens with zero attached hydrogens (tertiary/aromatic N) is 2. The molecule has 90 valence electrons. The summed E-state index contributed by atoms with van der Waals surface area (Å²) in [6.07, 6.45) is 0. The van der Waals surface area contributed by atoms with Crippen LogP contribution in [-0.4, -0.2) is 10.2 Å². The van der Waals surface area contributed by atoms with E-state index in [2.05, 4.69) is 10.2 Å². The van der Waals surface area contributed by atoms with E-state index in [1.165, 1.54) is 13.0 Å². The normalized spacial score (nSPS) is 12.8. The van der Waals surface area contributed by atoms with Crippen molar-refractivity contribution in [1.29, 1.82) is 0 Å². The van der Waals surface area contributed by atoms with Crippen molar-refractivity contribution in [3.63, 3.8) is 0 Å². The molecule has 0 bridgehead atoms. The van der Waals surface area contributed by atoms with Crippen LogP contribution >= 0.6 is 0 Å². The Morgan fingerprint density at radius 3 is 2.59 bits per heavy atom. The summed E-state index contributed by atoms with van der Waals surface area (Å²) >= 11 is 0. The number of rotatable bonds is 2. The van der Waals surface area contributed by atoms with Crippen LogP contribution in [0.2, 0.25) is 0 Å². The lowest BCUT2D eigenvalue weighted by molar-refractivity contribution is 0.466. The van der Waals surface area contributed by atoms with Gasteiger partial charge < -0.3 is 10.2 Å². The molecule has 1 unspecified atom stereocenters. The number of halogens is 2. The summed E-state index contributed by atoms with van der Waals surface area (Å²) in [4.78, 5) is 0. The molecule has 0 aliphatic carbocycles. The van der Waals surface area contributed by atoms with Crippen molar-refractivity contribution in [3.05, 3.63) is 35.2 Å². The topological polar surface area (TPSA) is 64.9 Å². The van der Waals surface area contributed by atoms with Crippen molar-refractivity contribution in [3.8, 4) is 11.5 Å². The summed E-state index contributed by atoms with van der Waals surface area (Å²) in [5.74, 6) is -1.51. The molecule has 2 aromatic rings. The molecule has 17 heavy (non-hydrogen) atoms. The van der Waals surface area contributed by atoms with Crippen molar-refractivity contribution < 1.29 is 13.2 Å². The highest BCUT2D eigenvalue weighted by molar-refractivity contribution is 5.56. The molecule has 2 rings (SSSR count). The summed E-state index contributed by atoms with van der Waals surface area (Å²) in [5.41, 5.74) is 5.52. The van der Waals surface area contributed by atoms with Crippen LogP contribution in [0.5, 0.6) is 0 Å². The first-order chi connectivity index (χ1) is 8.00. The standard InChI is InChI=1S/C11H11F2N3O/c1-5-3-4-7(12)8(9(5)13)11-16-15-10(17-11)6(2)14/h3-4,6H,14H2,1-2H3. The van der Waals surface area contributed by atoms with Gasteiger partial charge >= 0.3 is 0 Å². The Kier molecular flexibility index (Phi) is 2.89. The molecule has 1 aromatic carbocycles. The third kappa shape index (κ3) is 2.03. The molecule has 0 aliphatic heterocycles. The minimum atomic E-state index is -0.743. The highest BCUT2D eigenvalue weighted by Gasteiger charge is 2.20. The first-order valence-corrected chi connectivity index (χ1v) is 5.04. The lowest BCUT2D eigenvalue weighted by Gasteiger charge is -2.02. The Hall–Kier alpha value is -1.82. The number of nitrogens with two attached hydrogens (primary N) is 1. The Labute approximate surface area is 96.5 Å². The highest BCUT2D eigenvalue weighted by Crippen LogP contribution is 2.27. The summed E-state index contributed by atoms with van der Waals surface area (Å²) in [5, 5.41) is 7.22. The molecule has 6 heteroatoms. The van der Waals surface area contributed by atoms with E-state index in [0.29, 0.717) is 5.56 Å². The number of hydrogen-bond donors (Lipinski definition) is 1. The fraction of sp³-hybridized carbons (Fsp3) is 0.273. The zero-order valence-corrected chi connectivity index (χ0v) is 9.37. The van der Waals surface area contributed by atoms with Gasteiger partial charge in [0.1, 0.15) is 17.2 Å².